The number of rotatable bonds is 6. The lowest BCUT2D eigenvalue weighted by Crippen LogP contribution is -2.46. The Morgan fingerprint density at radius 3 is 1.48 bits per heavy atom. The predicted octanol–water partition coefficient (Wildman–Crippen LogP) is 6.80. The highest BCUT2D eigenvalue weighted by molar-refractivity contribution is 7.89. The van der Waals surface area contributed by atoms with E-state index >= 15 is 0 Å². The zero-order valence-electron chi connectivity index (χ0n) is 31.0. The van der Waals surface area contributed by atoms with E-state index in [1.165, 1.54) is 52.7 Å². The van der Waals surface area contributed by atoms with Crippen LogP contribution in [0.1, 0.15) is 58.8 Å². The molecule has 0 bridgehead atoms. The van der Waals surface area contributed by atoms with E-state index in [1.807, 2.05) is 4.90 Å². The molecule has 1 amide bonds. The number of sulfonamides is 2. The molecule has 2 N–H and O–H groups in total. The molecular weight excluding hydrogens is 796 g/mol. The Labute approximate surface area is 343 Å². The van der Waals surface area contributed by atoms with Gasteiger partial charge in [0.25, 0.3) is 0 Å². The molecule has 4 fully saturated rings. The molecule has 2 aliphatic carbocycles. The Kier molecular flexibility index (Phi) is 15.7. The molecule has 0 aromatic heterocycles. The number of nitrogens with zero attached hydrogens (tertiary/aromatic N) is 3. The van der Waals surface area contributed by atoms with Crippen LogP contribution in [0.25, 0.3) is 0 Å². The SMILES string of the molecule is C.C1=CCC2CNCC2C1.O=C(O)[C@H]1CCCN(S(=O)(=O)c2ccccc2Cl)C1.O=C([C@H]1CCCN(S(=O)(=O)c2ccccc2Cl)C1)N1CC2CC=CCC2C1. The number of benzene rings is 2. The van der Waals surface area contributed by atoms with Crippen molar-refractivity contribution in [2.24, 2.45) is 35.5 Å². The van der Waals surface area contributed by atoms with E-state index in [2.05, 4.69) is 29.6 Å². The standard InChI is InChI=1S/C20H25ClN2O3S.C12H14ClNO4S.C8H13N.CH4/c21-18-9-3-4-10-19(18)27(25,26)23-11-5-8-17(14-23)20(24)22-12-15-6-1-2-7-16(15)13-22;13-10-5-1-2-6-11(10)19(17,18)14-7-3-4-9(8-14)12(15)16;1-2-4-8-6-9-5-7(8)3-1;/h1-4,9-10,15-17H,5-8,11-14H2;1-2,5-6,9H,3-4,7-8H2,(H,15,16);1-2,7-9H,3-6H2;1H4/t15?,16?,17-;9-;;/m00../s1. The number of allylic oxidation sites excluding steroid dienone is 4. The minimum absolute atomic E-state index is 0. The van der Waals surface area contributed by atoms with E-state index in [4.69, 9.17) is 28.3 Å². The lowest BCUT2D eigenvalue weighted by atomic mass is 9.86. The van der Waals surface area contributed by atoms with E-state index in [0.717, 1.165) is 44.2 Å². The van der Waals surface area contributed by atoms with Crippen LogP contribution < -0.4 is 5.32 Å². The van der Waals surface area contributed by atoms with E-state index in [1.54, 1.807) is 30.3 Å². The van der Waals surface area contributed by atoms with Crippen molar-refractivity contribution >= 4 is 55.1 Å². The Morgan fingerprint density at radius 2 is 1.04 bits per heavy atom. The van der Waals surface area contributed by atoms with Crippen molar-refractivity contribution in [2.45, 2.75) is 68.6 Å². The van der Waals surface area contributed by atoms with Gasteiger partial charge in [0.15, 0.2) is 0 Å². The lowest BCUT2D eigenvalue weighted by Gasteiger charge is -2.33. The van der Waals surface area contributed by atoms with Crippen LogP contribution in [0, 0.1) is 35.5 Å². The summed E-state index contributed by atoms with van der Waals surface area (Å²) in [7, 11) is -7.40. The van der Waals surface area contributed by atoms with Gasteiger partial charge in [0.05, 0.1) is 21.9 Å². The quantitative estimate of drug-likeness (QED) is 0.302. The van der Waals surface area contributed by atoms with Gasteiger partial charge in [-0.25, -0.2) is 16.8 Å². The molecule has 4 aliphatic heterocycles. The van der Waals surface area contributed by atoms with Crippen LogP contribution in [0.4, 0.5) is 0 Å². The number of aliphatic carboxylic acids is 1. The van der Waals surface area contributed by atoms with Crippen molar-refractivity contribution in [1.29, 1.82) is 0 Å². The molecule has 0 saturated carbocycles. The minimum atomic E-state index is -3.72. The third-order valence-electron chi connectivity index (χ3n) is 11.8. The van der Waals surface area contributed by atoms with E-state index in [-0.39, 0.29) is 52.2 Å². The smallest absolute Gasteiger partial charge is 0.307 e. The molecule has 6 atom stereocenters. The zero-order valence-corrected chi connectivity index (χ0v) is 34.2. The summed E-state index contributed by atoms with van der Waals surface area (Å²) in [5.74, 6) is 1.30. The summed E-state index contributed by atoms with van der Waals surface area (Å²) in [4.78, 5) is 26.2. The molecule has 0 radical (unpaired) electrons. The first-order valence-electron chi connectivity index (χ1n) is 19.4. The van der Waals surface area contributed by atoms with Gasteiger partial charge in [-0.2, -0.15) is 8.61 Å². The van der Waals surface area contributed by atoms with Crippen molar-refractivity contribution in [3.63, 3.8) is 0 Å². The van der Waals surface area contributed by atoms with Crippen LogP contribution >= 0.6 is 23.2 Å². The van der Waals surface area contributed by atoms with E-state index < -0.39 is 31.9 Å². The summed E-state index contributed by atoms with van der Waals surface area (Å²) in [6.45, 7) is 5.15. The number of halogens is 2. The maximum Gasteiger partial charge on any atom is 0.307 e. The number of carbonyl (C=O) groups excluding carboxylic acids is 1. The molecule has 4 heterocycles. The van der Waals surface area contributed by atoms with Crippen molar-refractivity contribution in [3.8, 4) is 0 Å². The maximum absolute atomic E-state index is 13.1. The second-order valence-electron chi connectivity index (χ2n) is 15.4. The monoisotopic (exact) mass is 850 g/mol. The highest BCUT2D eigenvalue weighted by atomic mass is 35.5. The average molecular weight is 852 g/mol. The fraction of sp³-hybridized carbons (Fsp3) is 0.561. The fourth-order valence-corrected chi connectivity index (χ4v) is 12.7. The molecule has 0 spiro atoms. The number of nitrogens with one attached hydrogen (secondary N) is 1. The highest BCUT2D eigenvalue weighted by Crippen LogP contribution is 2.35. The van der Waals surface area contributed by atoms with Gasteiger partial charge in [0.1, 0.15) is 9.79 Å². The van der Waals surface area contributed by atoms with Crippen molar-refractivity contribution in [3.05, 3.63) is 82.9 Å². The van der Waals surface area contributed by atoms with Gasteiger partial charge in [-0.1, -0.05) is 79.2 Å². The lowest BCUT2D eigenvalue weighted by molar-refractivity contribution is -0.143. The van der Waals surface area contributed by atoms with Crippen LogP contribution in [0.2, 0.25) is 10.0 Å². The Morgan fingerprint density at radius 1 is 0.625 bits per heavy atom. The van der Waals surface area contributed by atoms with Gasteiger partial charge in [-0.05, 0) is 112 Å². The van der Waals surface area contributed by atoms with Gasteiger partial charge in [-0.3, -0.25) is 9.59 Å². The molecule has 8 rings (SSSR count). The molecular formula is C41H56Cl2N4O7S2. The number of hydrogen-bond donors (Lipinski definition) is 2. The summed E-state index contributed by atoms with van der Waals surface area (Å²) < 4.78 is 53.5. The summed E-state index contributed by atoms with van der Waals surface area (Å²) in [5.41, 5.74) is 0. The Balaban J connectivity index is 0.000000179. The molecule has 308 valence electrons. The fourth-order valence-electron chi connectivity index (χ4n) is 8.64. The number of carboxylic acids is 1. The third-order valence-corrected chi connectivity index (χ3v) is 16.6. The first kappa shape index (κ1) is 44.3. The summed E-state index contributed by atoms with van der Waals surface area (Å²) >= 11 is 12.0. The normalized spacial score (nSPS) is 27.7. The number of carbonyl (C=O) groups is 2. The minimum Gasteiger partial charge on any atom is -0.481 e. The van der Waals surface area contributed by atoms with Gasteiger partial charge < -0.3 is 15.3 Å². The Bertz CT molecular complexity index is 1930. The van der Waals surface area contributed by atoms with E-state index in [0.29, 0.717) is 44.2 Å². The van der Waals surface area contributed by atoms with Crippen molar-refractivity contribution in [1.82, 2.24) is 18.8 Å². The van der Waals surface area contributed by atoms with Crippen LogP contribution in [0.5, 0.6) is 0 Å². The number of likely N-dealkylation sites (tertiary alicyclic amines) is 1. The van der Waals surface area contributed by atoms with Crippen molar-refractivity contribution < 1.29 is 31.5 Å². The van der Waals surface area contributed by atoms with E-state index in [9.17, 15) is 26.4 Å². The first-order valence-corrected chi connectivity index (χ1v) is 23.0. The molecule has 56 heavy (non-hydrogen) atoms. The van der Waals surface area contributed by atoms with Crippen LogP contribution in [-0.4, -0.2) is 99.7 Å². The molecule has 2 aromatic rings. The highest BCUT2D eigenvalue weighted by Gasteiger charge is 2.40. The Hall–Kier alpha value is -2.78. The number of amides is 1. The van der Waals surface area contributed by atoms with Gasteiger partial charge in [0.2, 0.25) is 26.0 Å². The van der Waals surface area contributed by atoms with Gasteiger partial charge >= 0.3 is 5.97 Å². The largest absolute Gasteiger partial charge is 0.481 e. The van der Waals surface area contributed by atoms with Crippen LogP contribution in [0.3, 0.4) is 0 Å². The summed E-state index contributed by atoms with van der Waals surface area (Å²) in [6.07, 6.45) is 16.3. The second-order valence-corrected chi connectivity index (χ2v) is 20.1. The van der Waals surface area contributed by atoms with Crippen LogP contribution in [-0.2, 0) is 29.6 Å². The van der Waals surface area contributed by atoms with Crippen molar-refractivity contribution in [2.75, 3.05) is 52.4 Å². The topological polar surface area (TPSA) is 144 Å². The van der Waals surface area contributed by atoms with Gasteiger partial charge in [0, 0.05) is 39.3 Å². The number of piperidine rings is 2. The maximum atomic E-state index is 13.1. The second kappa shape index (κ2) is 19.8. The predicted molar refractivity (Wildman–Crippen MR) is 220 cm³/mol. The molecule has 2 aromatic carbocycles. The third kappa shape index (κ3) is 10.4. The molecule has 6 aliphatic rings. The van der Waals surface area contributed by atoms with Gasteiger partial charge in [-0.15, -0.1) is 0 Å². The van der Waals surface area contributed by atoms with Crippen LogP contribution in [0.15, 0.2) is 82.6 Å². The molecule has 4 unspecified atom stereocenters. The molecule has 15 heteroatoms. The first-order chi connectivity index (χ1) is 26.4. The summed E-state index contributed by atoms with van der Waals surface area (Å²) in [5, 5.41) is 12.8. The number of carboxylic acid groups (broad SMARTS) is 1. The number of hydrogen-bond acceptors (Lipinski definition) is 7. The zero-order chi connectivity index (χ0) is 39.2. The molecule has 11 nitrogen and oxygen atoms in total. The average Bonchev–Trinajstić information content (AvgIpc) is 3.86. The summed E-state index contributed by atoms with van der Waals surface area (Å²) in [6, 6.07) is 12.7. The molecule has 4 saturated heterocycles. The number of fused-ring (bicyclic) bond motifs is 2.